The maximum atomic E-state index is 14.7. The number of ether oxygens (including phenoxy) is 1. The highest BCUT2D eigenvalue weighted by Gasteiger charge is 2.39. The summed E-state index contributed by atoms with van der Waals surface area (Å²) in [7, 11) is 1.73. The van der Waals surface area contributed by atoms with E-state index in [9.17, 15) is 13.2 Å². The average molecular weight is 488 g/mol. The highest BCUT2D eigenvalue weighted by molar-refractivity contribution is 5.89. The molecule has 6 rings (SSSR count). The summed E-state index contributed by atoms with van der Waals surface area (Å²) in [4.78, 5) is 11.2. The molecular formula is C21H23F3N10O. The van der Waals surface area contributed by atoms with Crippen LogP contribution in [0.25, 0.3) is 27.9 Å². The van der Waals surface area contributed by atoms with Crippen LogP contribution in [0.2, 0.25) is 0 Å². The summed E-state index contributed by atoms with van der Waals surface area (Å²) in [5.74, 6) is 0.812. The molecule has 2 N–H and O–H groups in total. The van der Waals surface area contributed by atoms with E-state index in [1.807, 2.05) is 6.07 Å². The lowest BCUT2D eigenvalue weighted by molar-refractivity contribution is -0.0585. The number of fused-ring (bicyclic) bond motifs is 2. The van der Waals surface area contributed by atoms with E-state index in [-0.39, 0.29) is 11.7 Å². The first-order valence-electron chi connectivity index (χ1n) is 11.3. The lowest BCUT2D eigenvalue weighted by Crippen LogP contribution is -2.48. The molecule has 0 bridgehead atoms. The van der Waals surface area contributed by atoms with Gasteiger partial charge in [-0.1, -0.05) is 5.21 Å². The van der Waals surface area contributed by atoms with Gasteiger partial charge in [0.25, 0.3) is 6.43 Å². The third kappa shape index (κ3) is 3.91. The van der Waals surface area contributed by atoms with Gasteiger partial charge in [-0.15, -0.1) is 10.2 Å². The summed E-state index contributed by atoms with van der Waals surface area (Å²) in [6.45, 7) is 1.58. The fourth-order valence-electron chi connectivity index (χ4n) is 4.55. The molecule has 0 aromatic carbocycles. The van der Waals surface area contributed by atoms with E-state index in [2.05, 4.69) is 40.9 Å². The monoisotopic (exact) mass is 488 g/mol. The fourth-order valence-corrected chi connectivity index (χ4v) is 4.55. The Kier molecular flexibility index (Phi) is 5.40. The van der Waals surface area contributed by atoms with Crippen LogP contribution in [0.1, 0.15) is 0 Å². The summed E-state index contributed by atoms with van der Waals surface area (Å²) in [6.07, 6.45) is -1.87. The minimum absolute atomic E-state index is 0.264. The van der Waals surface area contributed by atoms with Gasteiger partial charge >= 0.3 is 0 Å². The Labute approximate surface area is 197 Å². The van der Waals surface area contributed by atoms with Crippen LogP contribution >= 0.6 is 0 Å². The topological polar surface area (TPSA) is 110 Å². The number of anilines is 2. The van der Waals surface area contributed by atoms with E-state index in [4.69, 9.17) is 4.74 Å². The first-order chi connectivity index (χ1) is 17.0. The third-order valence-corrected chi connectivity index (χ3v) is 6.42. The van der Waals surface area contributed by atoms with Crippen molar-refractivity contribution in [1.29, 1.82) is 0 Å². The lowest BCUT2D eigenvalue weighted by atomic mass is 10.2. The van der Waals surface area contributed by atoms with Crippen molar-refractivity contribution < 1.29 is 17.9 Å². The number of alkyl halides is 3. The van der Waals surface area contributed by atoms with E-state index in [1.54, 1.807) is 29.9 Å². The van der Waals surface area contributed by atoms with Crippen molar-refractivity contribution in [1.82, 2.24) is 39.5 Å². The Bertz CT molecular complexity index is 1370. The van der Waals surface area contributed by atoms with Gasteiger partial charge < -0.3 is 15.4 Å². The highest BCUT2D eigenvalue weighted by Crippen LogP contribution is 2.30. The molecule has 0 spiro atoms. The van der Waals surface area contributed by atoms with Gasteiger partial charge in [0.2, 0.25) is 5.95 Å². The van der Waals surface area contributed by atoms with Crippen LogP contribution in [-0.2, 0) is 11.3 Å². The number of hydrogen-bond acceptors (Lipinski definition) is 9. The van der Waals surface area contributed by atoms with E-state index in [1.165, 1.54) is 0 Å². The van der Waals surface area contributed by atoms with Crippen LogP contribution in [0.5, 0.6) is 0 Å². The van der Waals surface area contributed by atoms with Gasteiger partial charge in [-0.05, 0) is 18.2 Å². The molecule has 184 valence electrons. The smallest absolute Gasteiger partial charge is 0.258 e. The average Bonchev–Trinajstić information content (AvgIpc) is 3.49. The number of nitrogens with one attached hydrogen (secondary N) is 2. The lowest BCUT2D eigenvalue weighted by Gasteiger charge is -2.34. The van der Waals surface area contributed by atoms with E-state index < -0.39 is 25.2 Å². The molecule has 14 heteroatoms. The molecule has 4 aromatic rings. The van der Waals surface area contributed by atoms with Gasteiger partial charge in [0, 0.05) is 31.9 Å². The van der Waals surface area contributed by atoms with Gasteiger partial charge in [-0.3, -0.25) is 4.90 Å². The standard InChI is InChI=1S/C21H23F3N10O/c1-25-19-18-12(14-2-3-15-20(26-14)34(31-29-15)8-17(23)24)4-5-33(18)30-21(28-19)27-16-7-32(6-13(16)22)11-9-35-10-11/h2-5,11,13,16-17H,6-10H2,1H3,(H2,25,27,28,30)/t13-,16+/m0/s1. The summed E-state index contributed by atoms with van der Waals surface area (Å²) < 4.78 is 48.5. The van der Waals surface area contributed by atoms with E-state index in [0.29, 0.717) is 60.4 Å². The van der Waals surface area contributed by atoms with Crippen LogP contribution in [0, 0.1) is 0 Å². The van der Waals surface area contributed by atoms with E-state index in [0.717, 1.165) is 4.68 Å². The second kappa shape index (κ2) is 8.61. The van der Waals surface area contributed by atoms with Gasteiger partial charge in [0.15, 0.2) is 11.5 Å². The number of rotatable bonds is 7. The molecule has 11 nitrogen and oxygen atoms in total. The van der Waals surface area contributed by atoms with Crippen LogP contribution in [0.15, 0.2) is 24.4 Å². The molecular weight excluding hydrogens is 465 g/mol. The van der Waals surface area contributed by atoms with Gasteiger partial charge in [-0.25, -0.2) is 27.4 Å². The largest absolute Gasteiger partial charge is 0.378 e. The quantitative estimate of drug-likeness (QED) is 0.401. The second-order valence-corrected chi connectivity index (χ2v) is 8.67. The number of nitrogens with zero attached hydrogens (tertiary/aromatic N) is 8. The van der Waals surface area contributed by atoms with Crippen LogP contribution in [-0.4, -0.2) is 97.5 Å². The Morgan fingerprint density at radius 1 is 1.17 bits per heavy atom. The van der Waals surface area contributed by atoms with E-state index >= 15 is 0 Å². The molecule has 4 aromatic heterocycles. The molecule has 0 aliphatic carbocycles. The van der Waals surface area contributed by atoms with Crippen LogP contribution in [0.3, 0.4) is 0 Å². The summed E-state index contributed by atoms with van der Waals surface area (Å²) in [6, 6.07) is 5.08. The van der Waals surface area contributed by atoms with Crippen molar-refractivity contribution in [2.75, 3.05) is 44.0 Å². The molecule has 2 aliphatic heterocycles. The predicted octanol–water partition coefficient (Wildman–Crippen LogP) is 1.68. The molecule has 0 saturated carbocycles. The number of pyridine rings is 1. The Morgan fingerprint density at radius 3 is 2.77 bits per heavy atom. The summed E-state index contributed by atoms with van der Waals surface area (Å²) >= 11 is 0. The maximum Gasteiger partial charge on any atom is 0.258 e. The maximum absolute atomic E-state index is 14.7. The molecule has 0 radical (unpaired) electrons. The number of hydrogen-bond donors (Lipinski definition) is 2. The minimum atomic E-state index is -2.58. The molecule has 2 atom stereocenters. The van der Waals surface area contributed by atoms with Crippen molar-refractivity contribution in [3.63, 3.8) is 0 Å². The number of likely N-dealkylation sites (tertiary alicyclic amines) is 1. The zero-order chi connectivity index (χ0) is 24.1. The fraction of sp³-hybridized carbons (Fsp3) is 0.476. The molecule has 2 aliphatic rings. The zero-order valence-electron chi connectivity index (χ0n) is 18.8. The van der Waals surface area contributed by atoms with Crippen LogP contribution < -0.4 is 10.6 Å². The van der Waals surface area contributed by atoms with Gasteiger partial charge in [-0.2, -0.15) is 4.98 Å². The molecule has 2 fully saturated rings. The zero-order valence-corrected chi connectivity index (χ0v) is 18.8. The first-order valence-corrected chi connectivity index (χ1v) is 11.3. The van der Waals surface area contributed by atoms with Crippen molar-refractivity contribution >= 4 is 28.4 Å². The first kappa shape index (κ1) is 22.0. The summed E-state index contributed by atoms with van der Waals surface area (Å²) in [5.41, 5.74) is 2.58. The molecule has 35 heavy (non-hydrogen) atoms. The highest BCUT2D eigenvalue weighted by atomic mass is 19.3. The Balaban J connectivity index is 1.32. The molecule has 0 unspecified atom stereocenters. The molecule has 2 saturated heterocycles. The second-order valence-electron chi connectivity index (χ2n) is 8.67. The molecule has 6 heterocycles. The number of halogens is 3. The predicted molar refractivity (Wildman–Crippen MR) is 121 cm³/mol. The summed E-state index contributed by atoms with van der Waals surface area (Å²) in [5, 5.41) is 18.4. The third-order valence-electron chi connectivity index (χ3n) is 6.42. The molecule has 0 amide bonds. The Hall–Kier alpha value is -3.52. The van der Waals surface area contributed by atoms with Crippen molar-refractivity contribution in [2.24, 2.45) is 0 Å². The van der Waals surface area contributed by atoms with Gasteiger partial charge in [0.05, 0.1) is 31.0 Å². The SMILES string of the molecule is CNc1nc(N[C@@H]2CN(C3COC3)C[C@@H]2F)nn2ccc(-c3ccc4nnn(CC(F)F)c4n3)c12. The van der Waals surface area contributed by atoms with Crippen molar-refractivity contribution in [2.45, 2.75) is 31.2 Å². The van der Waals surface area contributed by atoms with Gasteiger partial charge in [0.1, 0.15) is 23.7 Å². The number of aromatic nitrogens is 7. The normalized spacial score (nSPS) is 21.3. The van der Waals surface area contributed by atoms with Crippen molar-refractivity contribution in [3.05, 3.63) is 24.4 Å². The minimum Gasteiger partial charge on any atom is -0.378 e. The van der Waals surface area contributed by atoms with Crippen molar-refractivity contribution in [3.8, 4) is 11.3 Å². The Morgan fingerprint density at radius 2 is 2.03 bits per heavy atom. The van der Waals surface area contributed by atoms with Crippen LogP contribution in [0.4, 0.5) is 24.9 Å².